The van der Waals surface area contributed by atoms with Gasteiger partial charge in [0.15, 0.2) is 17.7 Å². The van der Waals surface area contributed by atoms with Gasteiger partial charge in [0.1, 0.15) is 6.10 Å². The Morgan fingerprint density at radius 1 is 1.35 bits per heavy atom. The van der Waals surface area contributed by atoms with Crippen molar-refractivity contribution in [1.29, 1.82) is 0 Å². The maximum Gasteiger partial charge on any atom is 0.377 e. The molecule has 6 heteroatoms. The van der Waals surface area contributed by atoms with Crippen LogP contribution >= 0.6 is 0 Å². The van der Waals surface area contributed by atoms with Crippen LogP contribution in [0.1, 0.15) is 26.7 Å². The van der Waals surface area contributed by atoms with Gasteiger partial charge >= 0.3 is 5.97 Å². The Kier molecular flexibility index (Phi) is 3.01. The van der Waals surface area contributed by atoms with Gasteiger partial charge in [-0.05, 0) is 12.8 Å². The normalized spacial score (nSPS) is 32.0. The summed E-state index contributed by atoms with van der Waals surface area (Å²) in [5.74, 6) is -2.84. The molecule has 2 aliphatic rings. The first kappa shape index (κ1) is 12.2. The van der Waals surface area contributed by atoms with Crippen LogP contribution in [0, 0.1) is 0 Å². The summed E-state index contributed by atoms with van der Waals surface area (Å²) < 4.78 is 16.1. The van der Waals surface area contributed by atoms with E-state index in [9.17, 15) is 15.0 Å². The second-order valence-corrected chi connectivity index (χ2v) is 4.14. The summed E-state index contributed by atoms with van der Waals surface area (Å²) >= 11 is 0. The molecule has 2 N–H and O–H groups in total. The second-order valence-electron chi connectivity index (χ2n) is 4.14. The Morgan fingerprint density at radius 2 is 2.00 bits per heavy atom. The molecule has 17 heavy (non-hydrogen) atoms. The van der Waals surface area contributed by atoms with E-state index in [0.29, 0.717) is 12.8 Å². The first-order chi connectivity index (χ1) is 8.03. The fraction of sp³-hybridized carbons (Fsp3) is 0.727. The lowest BCUT2D eigenvalue weighted by Crippen LogP contribution is -2.34. The molecular weight excluding hydrogens is 228 g/mol. The Balaban J connectivity index is 2.10. The zero-order valence-electron chi connectivity index (χ0n) is 9.80. The number of hydrogen-bond acceptors (Lipinski definition) is 6. The minimum absolute atomic E-state index is 0.219. The number of carbonyl (C=O) groups is 1. The largest absolute Gasteiger partial charge is 0.505 e. The lowest BCUT2D eigenvalue weighted by molar-refractivity contribution is -0.184. The third-order valence-corrected chi connectivity index (χ3v) is 3.23. The standard InChI is InChI=1S/C11H16O6/c1-3-11(4-2)15-5-6(17-11)9-7(12)8(13)10(14)16-9/h6,9,12-13H,3-5H2,1-2H3/t6-,9-/m1/s1. The van der Waals surface area contributed by atoms with Crippen LogP contribution in [-0.4, -0.2) is 40.8 Å². The van der Waals surface area contributed by atoms with Crippen molar-refractivity contribution in [3.8, 4) is 0 Å². The van der Waals surface area contributed by atoms with Crippen molar-refractivity contribution < 1.29 is 29.2 Å². The van der Waals surface area contributed by atoms with Crippen LogP contribution in [0.2, 0.25) is 0 Å². The Hall–Kier alpha value is -1.27. The molecule has 6 nitrogen and oxygen atoms in total. The average molecular weight is 244 g/mol. The smallest absolute Gasteiger partial charge is 0.377 e. The van der Waals surface area contributed by atoms with Crippen molar-refractivity contribution in [3.05, 3.63) is 11.5 Å². The minimum Gasteiger partial charge on any atom is -0.505 e. The quantitative estimate of drug-likeness (QED) is 0.725. The molecule has 0 aliphatic carbocycles. The summed E-state index contributed by atoms with van der Waals surface area (Å²) in [5, 5.41) is 18.8. The maximum atomic E-state index is 11.1. The molecule has 0 radical (unpaired) electrons. The number of cyclic esters (lactones) is 1. The van der Waals surface area contributed by atoms with Gasteiger partial charge in [-0.1, -0.05) is 13.8 Å². The summed E-state index contributed by atoms with van der Waals surface area (Å²) in [7, 11) is 0. The fourth-order valence-corrected chi connectivity index (χ4v) is 2.07. The predicted molar refractivity (Wildman–Crippen MR) is 56.3 cm³/mol. The lowest BCUT2D eigenvalue weighted by atomic mass is 10.1. The number of rotatable bonds is 3. The van der Waals surface area contributed by atoms with Gasteiger partial charge in [0, 0.05) is 0 Å². The number of aliphatic hydroxyl groups is 2. The van der Waals surface area contributed by atoms with Gasteiger partial charge in [-0.2, -0.15) is 0 Å². The summed E-state index contributed by atoms with van der Waals surface area (Å²) in [6.07, 6.45) is -0.222. The van der Waals surface area contributed by atoms with Crippen molar-refractivity contribution in [2.45, 2.75) is 44.7 Å². The zero-order chi connectivity index (χ0) is 12.6. The first-order valence-electron chi connectivity index (χ1n) is 5.68. The number of carbonyl (C=O) groups excluding carboxylic acids is 1. The molecular formula is C11H16O6. The summed E-state index contributed by atoms with van der Waals surface area (Å²) in [6, 6.07) is 0. The van der Waals surface area contributed by atoms with Crippen molar-refractivity contribution >= 4 is 5.97 Å². The lowest BCUT2D eigenvalue weighted by Gasteiger charge is -2.25. The summed E-state index contributed by atoms with van der Waals surface area (Å²) in [4.78, 5) is 11.1. The molecule has 2 rings (SSSR count). The molecule has 0 aromatic carbocycles. The highest BCUT2D eigenvalue weighted by atomic mass is 16.8. The summed E-state index contributed by atoms with van der Waals surface area (Å²) in [5.41, 5.74) is 0. The third kappa shape index (κ3) is 1.87. The van der Waals surface area contributed by atoms with Crippen molar-refractivity contribution in [1.82, 2.24) is 0 Å². The molecule has 0 bridgehead atoms. The van der Waals surface area contributed by atoms with Crippen LogP contribution in [0.15, 0.2) is 11.5 Å². The molecule has 2 aliphatic heterocycles. The van der Waals surface area contributed by atoms with Crippen molar-refractivity contribution in [3.63, 3.8) is 0 Å². The van der Waals surface area contributed by atoms with E-state index in [1.54, 1.807) is 0 Å². The van der Waals surface area contributed by atoms with Crippen LogP contribution in [0.4, 0.5) is 0 Å². The van der Waals surface area contributed by atoms with Crippen molar-refractivity contribution in [2.24, 2.45) is 0 Å². The maximum absolute atomic E-state index is 11.1. The fourth-order valence-electron chi connectivity index (χ4n) is 2.07. The zero-order valence-corrected chi connectivity index (χ0v) is 9.80. The number of aliphatic hydroxyl groups excluding tert-OH is 2. The number of esters is 1. The monoisotopic (exact) mass is 244 g/mol. The van der Waals surface area contributed by atoms with E-state index in [4.69, 9.17) is 14.2 Å². The van der Waals surface area contributed by atoms with Gasteiger partial charge < -0.3 is 24.4 Å². The molecule has 0 amide bonds. The van der Waals surface area contributed by atoms with Gasteiger partial charge in [0.2, 0.25) is 5.76 Å². The Labute approximate surface area is 98.8 Å². The van der Waals surface area contributed by atoms with E-state index in [2.05, 4.69) is 0 Å². The van der Waals surface area contributed by atoms with E-state index in [1.807, 2.05) is 13.8 Å². The number of ether oxygens (including phenoxy) is 3. The van der Waals surface area contributed by atoms with Gasteiger partial charge in [-0.3, -0.25) is 0 Å². The van der Waals surface area contributed by atoms with Gasteiger partial charge in [0.25, 0.3) is 0 Å². The third-order valence-electron chi connectivity index (χ3n) is 3.23. The summed E-state index contributed by atoms with van der Waals surface area (Å²) in [6.45, 7) is 4.08. The molecule has 0 spiro atoms. The van der Waals surface area contributed by atoms with Crippen LogP contribution in [0.25, 0.3) is 0 Å². The highest BCUT2D eigenvalue weighted by Gasteiger charge is 2.48. The van der Waals surface area contributed by atoms with E-state index < -0.39 is 35.5 Å². The average Bonchev–Trinajstić information content (AvgIpc) is 2.87. The topological polar surface area (TPSA) is 85.2 Å². The highest BCUT2D eigenvalue weighted by molar-refractivity contribution is 5.89. The molecule has 1 fully saturated rings. The molecule has 2 atom stereocenters. The van der Waals surface area contributed by atoms with Crippen LogP contribution < -0.4 is 0 Å². The molecule has 2 heterocycles. The SMILES string of the molecule is CCC1(CC)OC[C@H]([C@H]2OC(=O)C(O)=C2O)O1. The molecule has 0 unspecified atom stereocenters. The first-order valence-corrected chi connectivity index (χ1v) is 5.68. The van der Waals surface area contributed by atoms with Gasteiger partial charge in [0.05, 0.1) is 6.61 Å². The van der Waals surface area contributed by atoms with Crippen LogP contribution in [-0.2, 0) is 19.0 Å². The molecule has 96 valence electrons. The molecule has 1 saturated heterocycles. The van der Waals surface area contributed by atoms with Crippen LogP contribution in [0.3, 0.4) is 0 Å². The molecule has 0 aromatic rings. The Bertz CT molecular complexity index is 357. The van der Waals surface area contributed by atoms with E-state index in [1.165, 1.54) is 0 Å². The molecule has 0 saturated carbocycles. The van der Waals surface area contributed by atoms with Gasteiger partial charge in [-0.25, -0.2) is 4.79 Å². The van der Waals surface area contributed by atoms with E-state index >= 15 is 0 Å². The number of hydrogen-bond donors (Lipinski definition) is 2. The van der Waals surface area contributed by atoms with Crippen molar-refractivity contribution in [2.75, 3.05) is 6.61 Å². The predicted octanol–water partition coefficient (Wildman–Crippen LogP) is 1.17. The Morgan fingerprint density at radius 3 is 2.41 bits per heavy atom. The minimum atomic E-state index is -0.970. The van der Waals surface area contributed by atoms with E-state index in [0.717, 1.165) is 0 Å². The van der Waals surface area contributed by atoms with Crippen LogP contribution in [0.5, 0.6) is 0 Å². The van der Waals surface area contributed by atoms with Gasteiger partial charge in [-0.15, -0.1) is 0 Å². The molecule has 0 aromatic heterocycles. The van der Waals surface area contributed by atoms with E-state index in [-0.39, 0.29) is 6.61 Å². The second kappa shape index (κ2) is 4.19. The highest BCUT2D eigenvalue weighted by Crippen LogP contribution is 2.35.